The van der Waals surface area contributed by atoms with Crippen molar-refractivity contribution in [3.05, 3.63) is 59.8 Å². The Balaban J connectivity index is 2.02. The van der Waals surface area contributed by atoms with Crippen molar-refractivity contribution in [3.63, 3.8) is 0 Å². The molecule has 0 aliphatic rings. The number of hydrogen-bond donors (Lipinski definition) is 2. The molecule has 134 valence electrons. The Morgan fingerprint density at radius 2 is 1.92 bits per heavy atom. The van der Waals surface area contributed by atoms with E-state index in [0.29, 0.717) is 12.4 Å². The number of guanidine groups is 1. The number of ether oxygens (including phenoxy) is 1. The zero-order valence-corrected chi connectivity index (χ0v) is 15.5. The number of aromatic nitrogens is 1. The number of nitrogens with one attached hydrogen (secondary N) is 2. The summed E-state index contributed by atoms with van der Waals surface area (Å²) in [5.74, 6) is 1.41. The zero-order valence-electron chi connectivity index (χ0n) is 15.5. The van der Waals surface area contributed by atoms with Gasteiger partial charge in [-0.2, -0.15) is 0 Å². The minimum atomic E-state index is 0.0112. The first kappa shape index (κ1) is 18.8. The van der Waals surface area contributed by atoms with Crippen LogP contribution in [0.1, 0.15) is 31.9 Å². The van der Waals surface area contributed by atoms with Gasteiger partial charge in [-0.05, 0) is 24.1 Å². The van der Waals surface area contributed by atoms with E-state index in [1.54, 1.807) is 13.3 Å². The van der Waals surface area contributed by atoms with Crippen LogP contribution in [0.5, 0.6) is 5.88 Å². The fraction of sp³-hybridized carbons (Fsp3) is 0.400. The minimum absolute atomic E-state index is 0.0112. The number of benzene rings is 1. The van der Waals surface area contributed by atoms with Crippen molar-refractivity contribution in [2.24, 2.45) is 4.99 Å². The maximum atomic E-state index is 5.16. The predicted octanol–water partition coefficient (Wildman–Crippen LogP) is 3.12. The summed E-state index contributed by atoms with van der Waals surface area (Å²) in [6, 6.07) is 14.4. The van der Waals surface area contributed by atoms with Crippen molar-refractivity contribution in [3.8, 4) is 5.88 Å². The van der Waals surface area contributed by atoms with Crippen LogP contribution >= 0.6 is 0 Å². The van der Waals surface area contributed by atoms with Gasteiger partial charge in [0.25, 0.3) is 0 Å². The largest absolute Gasteiger partial charge is 0.481 e. The van der Waals surface area contributed by atoms with Crippen LogP contribution < -0.4 is 15.4 Å². The van der Waals surface area contributed by atoms with Crippen LogP contribution in [-0.4, -0.2) is 31.1 Å². The van der Waals surface area contributed by atoms with Crippen LogP contribution in [0.4, 0.5) is 0 Å². The molecule has 0 unspecified atom stereocenters. The first-order valence-corrected chi connectivity index (χ1v) is 8.62. The van der Waals surface area contributed by atoms with Crippen molar-refractivity contribution < 1.29 is 4.74 Å². The van der Waals surface area contributed by atoms with E-state index in [1.165, 1.54) is 5.56 Å². The molecule has 0 radical (unpaired) electrons. The third-order valence-corrected chi connectivity index (χ3v) is 4.03. The molecule has 0 saturated carbocycles. The van der Waals surface area contributed by atoms with E-state index < -0.39 is 0 Å². The van der Waals surface area contributed by atoms with E-state index in [0.717, 1.165) is 24.6 Å². The Morgan fingerprint density at radius 1 is 1.16 bits per heavy atom. The topological polar surface area (TPSA) is 58.5 Å². The number of aliphatic imine (C=N–C) groups is 1. The monoisotopic (exact) mass is 340 g/mol. The highest BCUT2D eigenvalue weighted by Crippen LogP contribution is 2.21. The summed E-state index contributed by atoms with van der Waals surface area (Å²) < 4.78 is 5.16. The van der Waals surface area contributed by atoms with Gasteiger partial charge in [0.2, 0.25) is 5.88 Å². The summed E-state index contributed by atoms with van der Waals surface area (Å²) in [5, 5.41) is 6.75. The van der Waals surface area contributed by atoms with E-state index in [-0.39, 0.29) is 5.41 Å². The van der Waals surface area contributed by atoms with E-state index in [9.17, 15) is 0 Å². The first-order chi connectivity index (χ1) is 12.0. The lowest BCUT2D eigenvalue weighted by molar-refractivity contribution is 0.397. The molecular weight excluding hydrogens is 312 g/mol. The van der Waals surface area contributed by atoms with Crippen LogP contribution in [0.2, 0.25) is 0 Å². The molecule has 0 bridgehead atoms. The molecule has 2 rings (SSSR count). The molecule has 0 atom stereocenters. The molecule has 5 nitrogen and oxygen atoms in total. The third kappa shape index (κ3) is 5.78. The number of methoxy groups -OCH3 is 1. The third-order valence-electron chi connectivity index (χ3n) is 4.03. The normalized spacial score (nSPS) is 11.9. The second-order valence-corrected chi connectivity index (χ2v) is 6.51. The molecule has 1 aromatic carbocycles. The number of rotatable bonds is 7. The van der Waals surface area contributed by atoms with E-state index in [2.05, 4.69) is 65.6 Å². The van der Waals surface area contributed by atoms with E-state index in [1.807, 2.05) is 18.2 Å². The van der Waals surface area contributed by atoms with Crippen LogP contribution in [0, 0.1) is 0 Å². The molecule has 0 saturated heterocycles. The van der Waals surface area contributed by atoms with Crippen LogP contribution in [0.25, 0.3) is 0 Å². The Labute approximate surface area is 150 Å². The van der Waals surface area contributed by atoms with Gasteiger partial charge in [-0.3, -0.25) is 0 Å². The fourth-order valence-corrected chi connectivity index (χ4v) is 2.47. The quantitative estimate of drug-likeness (QED) is 0.601. The fourth-order valence-electron chi connectivity index (χ4n) is 2.47. The molecule has 25 heavy (non-hydrogen) atoms. The van der Waals surface area contributed by atoms with Crippen molar-refractivity contribution >= 4 is 5.96 Å². The lowest BCUT2D eigenvalue weighted by Crippen LogP contribution is -2.43. The molecule has 0 amide bonds. The number of hydrogen-bond acceptors (Lipinski definition) is 3. The van der Waals surface area contributed by atoms with Crippen molar-refractivity contribution in [2.75, 3.05) is 20.2 Å². The van der Waals surface area contributed by atoms with Crippen molar-refractivity contribution in [1.29, 1.82) is 0 Å². The number of pyridine rings is 1. The summed E-state index contributed by atoms with van der Waals surface area (Å²) in [5.41, 5.74) is 2.38. The molecule has 0 fully saturated rings. The molecular formula is C20H28N4O. The summed E-state index contributed by atoms with van der Waals surface area (Å²) in [4.78, 5) is 8.79. The molecule has 2 aromatic rings. The Kier molecular flexibility index (Phi) is 6.81. The van der Waals surface area contributed by atoms with Crippen molar-refractivity contribution in [2.45, 2.75) is 32.7 Å². The van der Waals surface area contributed by atoms with Gasteiger partial charge in [0.1, 0.15) is 0 Å². The maximum Gasteiger partial charge on any atom is 0.213 e. The molecule has 1 heterocycles. The van der Waals surface area contributed by atoms with Gasteiger partial charge in [-0.15, -0.1) is 0 Å². The highest BCUT2D eigenvalue weighted by Gasteiger charge is 2.20. The summed E-state index contributed by atoms with van der Waals surface area (Å²) in [7, 11) is 1.62. The second kappa shape index (κ2) is 9.06. The Bertz CT molecular complexity index is 683. The van der Waals surface area contributed by atoms with E-state index in [4.69, 9.17) is 4.74 Å². The van der Waals surface area contributed by atoms with Crippen LogP contribution in [0.3, 0.4) is 0 Å². The lowest BCUT2D eigenvalue weighted by atomic mass is 9.85. The SMILES string of the molecule is CCNC(=NCc1ccnc(OC)c1)NCC(C)(C)c1ccccc1. The zero-order chi connectivity index (χ0) is 18.1. The highest BCUT2D eigenvalue weighted by molar-refractivity contribution is 5.79. The van der Waals surface area contributed by atoms with Gasteiger partial charge in [0.15, 0.2) is 5.96 Å². The average Bonchev–Trinajstić information content (AvgIpc) is 2.65. The average molecular weight is 340 g/mol. The number of nitrogens with zero attached hydrogens (tertiary/aromatic N) is 2. The van der Waals surface area contributed by atoms with Crippen LogP contribution in [-0.2, 0) is 12.0 Å². The van der Waals surface area contributed by atoms with Gasteiger partial charge in [0, 0.05) is 30.8 Å². The second-order valence-electron chi connectivity index (χ2n) is 6.51. The molecule has 5 heteroatoms. The smallest absolute Gasteiger partial charge is 0.213 e. The summed E-state index contributed by atoms with van der Waals surface area (Å²) >= 11 is 0. The summed E-state index contributed by atoms with van der Waals surface area (Å²) in [6.07, 6.45) is 1.74. The highest BCUT2D eigenvalue weighted by atomic mass is 16.5. The van der Waals surface area contributed by atoms with Crippen LogP contribution in [0.15, 0.2) is 53.7 Å². The molecule has 2 N–H and O–H groups in total. The summed E-state index contributed by atoms with van der Waals surface area (Å²) in [6.45, 7) is 8.70. The first-order valence-electron chi connectivity index (χ1n) is 8.62. The van der Waals surface area contributed by atoms with Gasteiger partial charge in [-0.25, -0.2) is 9.98 Å². The minimum Gasteiger partial charge on any atom is -0.481 e. The van der Waals surface area contributed by atoms with Gasteiger partial charge < -0.3 is 15.4 Å². The molecule has 0 aliphatic carbocycles. The Morgan fingerprint density at radius 3 is 2.60 bits per heavy atom. The maximum absolute atomic E-state index is 5.16. The lowest BCUT2D eigenvalue weighted by Gasteiger charge is -2.26. The van der Waals surface area contributed by atoms with E-state index >= 15 is 0 Å². The standard InChI is InChI=1S/C20H28N4O/c1-5-21-19(23-14-16-11-12-22-18(13-16)25-4)24-15-20(2,3)17-9-7-6-8-10-17/h6-13H,5,14-15H2,1-4H3,(H2,21,23,24). The van der Waals surface area contributed by atoms with Gasteiger partial charge in [-0.1, -0.05) is 44.2 Å². The molecule has 1 aromatic heterocycles. The Hall–Kier alpha value is -2.56. The molecule has 0 aliphatic heterocycles. The van der Waals surface area contributed by atoms with Crippen molar-refractivity contribution in [1.82, 2.24) is 15.6 Å². The molecule has 0 spiro atoms. The van der Waals surface area contributed by atoms with Gasteiger partial charge in [0.05, 0.1) is 13.7 Å². The predicted molar refractivity (Wildman–Crippen MR) is 103 cm³/mol. The van der Waals surface area contributed by atoms with Gasteiger partial charge >= 0.3 is 0 Å².